The molecule has 1 aromatic heterocycles. The van der Waals surface area contributed by atoms with Gasteiger partial charge < -0.3 is 14.4 Å². The largest absolute Gasteiger partial charge is 0.495 e. The van der Waals surface area contributed by atoms with Gasteiger partial charge in [-0.25, -0.2) is 4.79 Å². The fraction of sp³-hybridized carbons (Fsp3) is 0.312. The lowest BCUT2D eigenvalue weighted by atomic mass is 9.94. The molecule has 0 aliphatic rings. The summed E-state index contributed by atoms with van der Waals surface area (Å²) in [5.74, 6) is -0.00817. The van der Waals surface area contributed by atoms with Crippen molar-refractivity contribution in [2.75, 3.05) is 7.11 Å². The van der Waals surface area contributed by atoms with Crippen molar-refractivity contribution in [2.45, 2.75) is 13.8 Å². The third kappa shape index (κ3) is 2.41. The number of benzene rings is 1. The van der Waals surface area contributed by atoms with E-state index in [-0.39, 0.29) is 5.92 Å². The lowest BCUT2D eigenvalue weighted by Crippen LogP contribution is -1.98. The maximum absolute atomic E-state index is 11.0. The molecule has 0 amide bonds. The summed E-state index contributed by atoms with van der Waals surface area (Å²) in [6.07, 6.45) is 3.25. The third-order valence-corrected chi connectivity index (χ3v) is 3.40. The molecule has 0 saturated heterocycles. The molecule has 0 aliphatic heterocycles. The number of aryl methyl sites for hydroxylation is 1. The highest BCUT2D eigenvalue weighted by Crippen LogP contribution is 2.35. The van der Waals surface area contributed by atoms with Crippen LogP contribution < -0.4 is 4.74 Å². The molecule has 2 aromatic rings. The molecule has 1 heterocycles. The Morgan fingerprint density at radius 1 is 1.40 bits per heavy atom. The first-order chi connectivity index (χ1) is 9.45. The second-order valence-corrected chi connectivity index (χ2v) is 5.10. The zero-order chi connectivity index (χ0) is 14.9. The molecule has 1 N–H and O–H groups in total. The van der Waals surface area contributed by atoms with Gasteiger partial charge in [-0.3, -0.25) is 0 Å². The van der Waals surface area contributed by atoms with E-state index in [1.807, 2.05) is 49.9 Å². The smallest absolute Gasteiger partial charge is 0.328 e. The molecular formula is C16H19NO3. The number of aromatic nitrogens is 1. The molecule has 0 radical (unpaired) electrons. The van der Waals surface area contributed by atoms with Crippen LogP contribution in [0.25, 0.3) is 16.5 Å². The number of ether oxygens (including phenoxy) is 1. The van der Waals surface area contributed by atoms with Crippen LogP contribution >= 0.6 is 0 Å². The summed E-state index contributed by atoms with van der Waals surface area (Å²) >= 11 is 0. The monoisotopic (exact) mass is 273 g/mol. The maximum Gasteiger partial charge on any atom is 0.328 e. The maximum atomic E-state index is 11.0. The van der Waals surface area contributed by atoms with Gasteiger partial charge in [-0.2, -0.15) is 0 Å². The molecule has 0 saturated carbocycles. The van der Waals surface area contributed by atoms with Gasteiger partial charge in [-0.15, -0.1) is 0 Å². The van der Waals surface area contributed by atoms with E-state index in [0.29, 0.717) is 0 Å². The van der Waals surface area contributed by atoms with E-state index in [2.05, 4.69) is 0 Å². The van der Waals surface area contributed by atoms with Crippen molar-refractivity contribution in [3.63, 3.8) is 0 Å². The van der Waals surface area contributed by atoms with E-state index >= 15 is 0 Å². The minimum absolute atomic E-state index is 0.128. The fourth-order valence-corrected chi connectivity index (χ4v) is 2.51. The van der Waals surface area contributed by atoms with Gasteiger partial charge in [0, 0.05) is 30.3 Å². The highest BCUT2D eigenvalue weighted by molar-refractivity contribution is 6.00. The van der Waals surface area contributed by atoms with Crippen molar-refractivity contribution >= 4 is 22.4 Å². The van der Waals surface area contributed by atoms with Crippen LogP contribution in [0.5, 0.6) is 5.75 Å². The van der Waals surface area contributed by atoms with Gasteiger partial charge in [0.1, 0.15) is 5.75 Å². The Labute approximate surface area is 118 Å². The zero-order valence-corrected chi connectivity index (χ0v) is 12.2. The van der Waals surface area contributed by atoms with Crippen LogP contribution in [0.1, 0.15) is 19.4 Å². The summed E-state index contributed by atoms with van der Waals surface area (Å²) in [6, 6.07) is 5.82. The molecule has 0 unspecified atom stereocenters. The number of hydrogen-bond donors (Lipinski definition) is 1. The second-order valence-electron chi connectivity index (χ2n) is 5.10. The molecule has 2 rings (SSSR count). The fourth-order valence-electron chi connectivity index (χ4n) is 2.51. The standard InChI is InChI=1S/C16H19NO3/c1-10(2)12(8-15(18)19)13-9-17(3)16-11(13)6-5-7-14(16)20-4/h5-10H,1-4H3,(H,18,19)/b12-8+. The van der Waals surface area contributed by atoms with Crippen LogP contribution in [0, 0.1) is 5.92 Å². The Morgan fingerprint density at radius 3 is 2.65 bits per heavy atom. The van der Waals surface area contributed by atoms with Gasteiger partial charge in [0.15, 0.2) is 0 Å². The molecule has 0 fully saturated rings. The Morgan fingerprint density at radius 2 is 2.10 bits per heavy atom. The topological polar surface area (TPSA) is 51.5 Å². The van der Waals surface area contributed by atoms with Crippen LogP contribution in [0.3, 0.4) is 0 Å². The normalized spacial score (nSPS) is 12.2. The summed E-state index contributed by atoms with van der Waals surface area (Å²) in [7, 11) is 3.57. The van der Waals surface area contributed by atoms with Gasteiger partial charge in [0.05, 0.1) is 12.6 Å². The number of nitrogens with zero attached hydrogens (tertiary/aromatic N) is 1. The lowest BCUT2D eigenvalue weighted by Gasteiger charge is -2.10. The molecule has 4 nitrogen and oxygen atoms in total. The molecule has 4 heteroatoms. The van der Waals surface area contributed by atoms with Gasteiger partial charge in [-0.1, -0.05) is 26.0 Å². The van der Waals surface area contributed by atoms with Crippen molar-refractivity contribution in [3.8, 4) is 5.75 Å². The average molecular weight is 273 g/mol. The third-order valence-electron chi connectivity index (χ3n) is 3.40. The minimum Gasteiger partial charge on any atom is -0.495 e. The number of para-hydroxylation sites is 1. The molecule has 0 atom stereocenters. The number of carboxylic acid groups (broad SMARTS) is 1. The van der Waals surface area contributed by atoms with E-state index in [4.69, 9.17) is 9.84 Å². The molecule has 0 aliphatic carbocycles. The highest BCUT2D eigenvalue weighted by Gasteiger charge is 2.16. The quantitative estimate of drug-likeness (QED) is 0.869. The summed E-state index contributed by atoms with van der Waals surface area (Å²) in [5, 5.41) is 10.1. The van der Waals surface area contributed by atoms with Crippen LogP contribution in [-0.4, -0.2) is 22.8 Å². The van der Waals surface area contributed by atoms with Crippen molar-refractivity contribution in [2.24, 2.45) is 13.0 Å². The SMILES string of the molecule is COc1cccc2c(/C(=C/C(=O)O)C(C)C)cn(C)c12. The van der Waals surface area contributed by atoms with Crippen molar-refractivity contribution in [3.05, 3.63) is 36.0 Å². The van der Waals surface area contributed by atoms with E-state index in [1.165, 1.54) is 6.08 Å². The Bertz CT molecular complexity index is 680. The number of methoxy groups -OCH3 is 1. The number of carbonyl (C=O) groups is 1. The second kappa shape index (κ2) is 5.41. The van der Waals surface area contributed by atoms with Crippen LogP contribution in [-0.2, 0) is 11.8 Å². The van der Waals surface area contributed by atoms with Gasteiger partial charge in [0.25, 0.3) is 0 Å². The van der Waals surface area contributed by atoms with Crippen LogP contribution in [0.15, 0.2) is 30.5 Å². The highest BCUT2D eigenvalue weighted by atomic mass is 16.5. The van der Waals surface area contributed by atoms with E-state index < -0.39 is 5.97 Å². The Balaban J connectivity index is 2.75. The number of fused-ring (bicyclic) bond motifs is 1. The molecular weight excluding hydrogens is 254 g/mol. The van der Waals surface area contributed by atoms with E-state index in [1.54, 1.807) is 7.11 Å². The predicted octanol–water partition coefficient (Wildman–Crippen LogP) is 3.31. The summed E-state index contributed by atoms with van der Waals surface area (Å²) < 4.78 is 7.36. The number of carboxylic acids is 1. The first kappa shape index (κ1) is 14.2. The number of rotatable bonds is 4. The summed E-state index contributed by atoms with van der Waals surface area (Å²) in [6.45, 7) is 3.99. The first-order valence-corrected chi connectivity index (χ1v) is 6.52. The Hall–Kier alpha value is -2.23. The summed E-state index contributed by atoms with van der Waals surface area (Å²) in [4.78, 5) is 11.0. The number of hydrogen-bond acceptors (Lipinski definition) is 2. The van der Waals surface area contributed by atoms with Crippen molar-refractivity contribution in [1.82, 2.24) is 4.57 Å². The molecule has 0 bridgehead atoms. The number of allylic oxidation sites excluding steroid dienone is 1. The molecule has 1 aromatic carbocycles. The van der Waals surface area contributed by atoms with E-state index in [0.717, 1.165) is 27.8 Å². The molecule has 106 valence electrons. The zero-order valence-electron chi connectivity index (χ0n) is 12.2. The first-order valence-electron chi connectivity index (χ1n) is 6.52. The van der Waals surface area contributed by atoms with E-state index in [9.17, 15) is 4.79 Å². The van der Waals surface area contributed by atoms with Crippen LogP contribution in [0.4, 0.5) is 0 Å². The lowest BCUT2D eigenvalue weighted by molar-refractivity contribution is -0.131. The van der Waals surface area contributed by atoms with Gasteiger partial charge >= 0.3 is 5.97 Å². The number of aliphatic carboxylic acids is 1. The average Bonchev–Trinajstić information content (AvgIpc) is 2.73. The van der Waals surface area contributed by atoms with Crippen molar-refractivity contribution < 1.29 is 14.6 Å². The predicted molar refractivity (Wildman–Crippen MR) is 79.9 cm³/mol. The molecule has 20 heavy (non-hydrogen) atoms. The summed E-state index contributed by atoms with van der Waals surface area (Å²) in [5.41, 5.74) is 2.73. The van der Waals surface area contributed by atoms with Crippen molar-refractivity contribution in [1.29, 1.82) is 0 Å². The minimum atomic E-state index is -0.923. The molecule has 0 spiro atoms. The van der Waals surface area contributed by atoms with Gasteiger partial charge in [0.2, 0.25) is 0 Å². The Kier molecular flexibility index (Phi) is 3.84. The van der Waals surface area contributed by atoms with Gasteiger partial charge in [-0.05, 0) is 17.6 Å². The van der Waals surface area contributed by atoms with Crippen LogP contribution in [0.2, 0.25) is 0 Å².